The lowest BCUT2D eigenvalue weighted by Gasteiger charge is -1.96. The Hall–Kier alpha value is -2.36. The Labute approximate surface area is 148 Å². The lowest BCUT2D eigenvalue weighted by atomic mass is 10.1. The smallest absolute Gasteiger partial charge is 0.279 e. The minimum atomic E-state index is -0.426. The molecular formula is C14H8ClN5O2S2. The predicted molar refractivity (Wildman–Crippen MR) is 91.5 cm³/mol. The monoisotopic (exact) mass is 377 g/mol. The van der Waals surface area contributed by atoms with Crippen molar-refractivity contribution in [3.63, 3.8) is 0 Å². The number of anilines is 2. The zero-order valence-electron chi connectivity index (χ0n) is 12.1. The first-order valence-corrected chi connectivity index (χ1v) is 8.72. The Morgan fingerprint density at radius 2 is 2.04 bits per heavy atom. The summed E-state index contributed by atoms with van der Waals surface area (Å²) in [6.07, 6.45) is 0. The zero-order chi connectivity index (χ0) is 16.8. The van der Waals surface area contributed by atoms with Crippen LogP contribution in [0.5, 0.6) is 5.88 Å². The average molecular weight is 378 g/mol. The van der Waals surface area contributed by atoms with Gasteiger partial charge in [-0.15, -0.1) is 10.2 Å². The third kappa shape index (κ3) is 2.56. The molecule has 4 rings (SSSR count). The Morgan fingerprint density at radius 1 is 1.21 bits per heavy atom. The van der Waals surface area contributed by atoms with E-state index in [4.69, 9.17) is 11.6 Å². The van der Waals surface area contributed by atoms with Crippen LogP contribution in [0, 0.1) is 6.92 Å². The van der Waals surface area contributed by atoms with E-state index in [1.807, 2.05) is 6.92 Å². The number of hydrogen-bond donors (Lipinski definition) is 2. The number of aromatic hydroxyl groups is 1. The summed E-state index contributed by atoms with van der Waals surface area (Å²) in [5.74, 6) is -0.667. The molecule has 0 saturated carbocycles. The minimum Gasteiger partial charge on any atom is -0.492 e. The van der Waals surface area contributed by atoms with Crippen molar-refractivity contribution < 1.29 is 9.90 Å². The SMILES string of the molecule is Cc1nnc(Nc2nc(O)c(C3=c4cc(Cl)ccc4=NC3=O)s2)s1. The van der Waals surface area contributed by atoms with Crippen LogP contribution in [-0.4, -0.2) is 26.2 Å². The number of carbonyl (C=O) groups excluding carboxylic acids is 1. The molecule has 7 nitrogen and oxygen atoms in total. The molecule has 1 aliphatic rings. The van der Waals surface area contributed by atoms with Crippen molar-refractivity contribution in [1.82, 2.24) is 15.2 Å². The van der Waals surface area contributed by atoms with Crippen LogP contribution >= 0.6 is 34.3 Å². The second kappa shape index (κ2) is 5.62. The van der Waals surface area contributed by atoms with Gasteiger partial charge < -0.3 is 10.4 Å². The molecule has 1 amide bonds. The van der Waals surface area contributed by atoms with Gasteiger partial charge in [-0.2, -0.15) is 4.98 Å². The fraction of sp³-hybridized carbons (Fsp3) is 0.0714. The van der Waals surface area contributed by atoms with E-state index in [0.717, 1.165) is 16.3 Å². The van der Waals surface area contributed by atoms with Gasteiger partial charge in [0.05, 0.1) is 10.9 Å². The van der Waals surface area contributed by atoms with Crippen LogP contribution in [0.4, 0.5) is 10.3 Å². The van der Waals surface area contributed by atoms with Gasteiger partial charge in [0.2, 0.25) is 11.0 Å². The lowest BCUT2D eigenvalue weighted by molar-refractivity contribution is -0.112. The summed E-state index contributed by atoms with van der Waals surface area (Å²) in [6, 6.07) is 4.99. The number of halogens is 1. The van der Waals surface area contributed by atoms with Crippen LogP contribution in [0.2, 0.25) is 5.02 Å². The maximum Gasteiger partial charge on any atom is 0.279 e. The van der Waals surface area contributed by atoms with Gasteiger partial charge in [0, 0.05) is 10.2 Å². The van der Waals surface area contributed by atoms with Crippen molar-refractivity contribution in [3.8, 4) is 5.88 Å². The fourth-order valence-electron chi connectivity index (χ4n) is 2.27. The maximum absolute atomic E-state index is 12.2. The van der Waals surface area contributed by atoms with Crippen LogP contribution in [0.1, 0.15) is 9.88 Å². The minimum absolute atomic E-state index is 0.241. The van der Waals surface area contributed by atoms with Crippen LogP contribution in [-0.2, 0) is 4.79 Å². The van der Waals surface area contributed by atoms with E-state index in [9.17, 15) is 9.90 Å². The number of amides is 1. The largest absolute Gasteiger partial charge is 0.492 e. The molecule has 0 spiro atoms. The Morgan fingerprint density at radius 3 is 2.79 bits per heavy atom. The maximum atomic E-state index is 12.2. The number of aryl methyl sites for hydroxylation is 1. The van der Waals surface area contributed by atoms with Crippen LogP contribution in [0.15, 0.2) is 23.2 Å². The fourth-order valence-corrected chi connectivity index (χ4v) is 4.01. The van der Waals surface area contributed by atoms with E-state index in [2.05, 4.69) is 25.5 Å². The number of rotatable bonds is 3. The third-order valence-electron chi connectivity index (χ3n) is 3.24. The third-order valence-corrected chi connectivity index (χ3v) is 5.21. The van der Waals surface area contributed by atoms with E-state index in [1.54, 1.807) is 18.2 Å². The number of nitrogens with zero attached hydrogens (tertiary/aromatic N) is 4. The molecule has 0 radical (unpaired) electrons. The molecule has 0 atom stereocenters. The summed E-state index contributed by atoms with van der Waals surface area (Å²) >= 11 is 8.51. The van der Waals surface area contributed by atoms with Crippen molar-refractivity contribution in [2.45, 2.75) is 6.92 Å². The van der Waals surface area contributed by atoms with E-state index in [1.165, 1.54) is 11.3 Å². The molecule has 0 bridgehead atoms. The topological polar surface area (TPSA) is 100 Å². The number of hydrogen-bond acceptors (Lipinski definition) is 8. The molecule has 2 aromatic heterocycles. The number of thiazole rings is 1. The summed E-state index contributed by atoms with van der Waals surface area (Å²) in [7, 11) is 0. The normalized spacial score (nSPS) is 13.1. The standard InChI is InChI=1S/C14H8ClN5O2S2/c1-5-19-20-14(23-5)18-13-17-12(22)10(24-13)9-7-4-6(15)2-3-8(7)16-11(9)21/h2-4,22H,1H3,(H,17,18,20). The number of carbonyl (C=O) groups is 1. The highest BCUT2D eigenvalue weighted by Crippen LogP contribution is 2.35. The van der Waals surface area contributed by atoms with Crippen LogP contribution in [0.3, 0.4) is 0 Å². The first kappa shape index (κ1) is 15.2. The summed E-state index contributed by atoms with van der Waals surface area (Å²) in [5, 5.41) is 24.4. The Kier molecular flexibility index (Phi) is 3.56. The average Bonchev–Trinajstić information content (AvgIpc) is 3.17. The first-order valence-electron chi connectivity index (χ1n) is 6.71. The molecule has 0 saturated heterocycles. The molecule has 2 N–H and O–H groups in total. The molecule has 120 valence electrons. The highest BCUT2D eigenvalue weighted by Gasteiger charge is 2.25. The number of fused-ring (bicyclic) bond motifs is 1. The van der Waals surface area contributed by atoms with Crippen LogP contribution < -0.4 is 15.9 Å². The van der Waals surface area contributed by atoms with Crippen molar-refractivity contribution in [2.75, 3.05) is 5.32 Å². The van der Waals surface area contributed by atoms with E-state index >= 15 is 0 Å². The number of aromatic nitrogens is 3. The molecule has 10 heteroatoms. The van der Waals surface area contributed by atoms with Crippen LogP contribution in [0.25, 0.3) is 5.57 Å². The van der Waals surface area contributed by atoms with Gasteiger partial charge >= 0.3 is 0 Å². The van der Waals surface area contributed by atoms with Gasteiger partial charge in [-0.3, -0.25) is 4.79 Å². The lowest BCUT2D eigenvalue weighted by Crippen LogP contribution is -2.22. The highest BCUT2D eigenvalue weighted by atomic mass is 35.5. The van der Waals surface area contributed by atoms with E-state index < -0.39 is 5.91 Å². The van der Waals surface area contributed by atoms with Gasteiger partial charge in [-0.05, 0) is 25.1 Å². The van der Waals surface area contributed by atoms with Crippen molar-refractivity contribution in [2.24, 2.45) is 4.99 Å². The Bertz CT molecular complexity index is 1100. The van der Waals surface area contributed by atoms with E-state index in [0.29, 0.717) is 36.3 Å². The number of nitrogens with one attached hydrogen (secondary N) is 1. The number of benzene rings is 1. The van der Waals surface area contributed by atoms with Crippen molar-refractivity contribution in [3.05, 3.63) is 43.7 Å². The van der Waals surface area contributed by atoms with Gasteiger partial charge in [-0.1, -0.05) is 34.3 Å². The summed E-state index contributed by atoms with van der Waals surface area (Å²) < 4.78 is 0. The van der Waals surface area contributed by atoms with Gasteiger partial charge in [0.15, 0.2) is 5.13 Å². The quantitative estimate of drug-likeness (QED) is 0.721. The first-order chi connectivity index (χ1) is 11.5. The second-order valence-electron chi connectivity index (χ2n) is 4.88. The van der Waals surface area contributed by atoms with Crippen molar-refractivity contribution >= 4 is 56.0 Å². The highest BCUT2D eigenvalue weighted by molar-refractivity contribution is 7.18. The molecule has 24 heavy (non-hydrogen) atoms. The van der Waals surface area contributed by atoms with Crippen molar-refractivity contribution in [1.29, 1.82) is 0 Å². The molecule has 0 aliphatic carbocycles. The second-order valence-corrected chi connectivity index (χ2v) is 7.49. The zero-order valence-corrected chi connectivity index (χ0v) is 14.5. The molecule has 0 fully saturated rings. The van der Waals surface area contributed by atoms with Gasteiger partial charge in [-0.25, -0.2) is 4.99 Å². The molecule has 0 unspecified atom stereocenters. The molecule has 1 aromatic carbocycles. The van der Waals surface area contributed by atoms with E-state index in [-0.39, 0.29) is 5.88 Å². The van der Waals surface area contributed by atoms with Gasteiger partial charge in [0.25, 0.3) is 5.91 Å². The summed E-state index contributed by atoms with van der Waals surface area (Å²) in [4.78, 5) is 20.6. The molecule has 1 aliphatic heterocycles. The molecule has 3 aromatic rings. The summed E-state index contributed by atoms with van der Waals surface area (Å²) in [6.45, 7) is 1.84. The predicted octanol–water partition coefficient (Wildman–Crippen LogP) is 1.76. The summed E-state index contributed by atoms with van der Waals surface area (Å²) in [5.41, 5.74) is 0.295. The van der Waals surface area contributed by atoms with Gasteiger partial charge in [0.1, 0.15) is 9.88 Å². The Balaban J connectivity index is 1.82. The molecular weight excluding hydrogens is 370 g/mol. The molecule has 3 heterocycles.